The maximum atomic E-state index is 13.1. The Hall–Kier alpha value is -3.62. The number of amides is 4. The highest BCUT2D eigenvalue weighted by molar-refractivity contribution is 6.05. The molecule has 2 bridgehead atoms. The monoisotopic (exact) mass is 450 g/mol. The summed E-state index contributed by atoms with van der Waals surface area (Å²) >= 11 is 0. The summed E-state index contributed by atoms with van der Waals surface area (Å²) in [5, 5.41) is 2.66. The number of urea groups is 1. The summed E-state index contributed by atoms with van der Waals surface area (Å²) in [6, 6.07) is 11.1. The van der Waals surface area contributed by atoms with Crippen LogP contribution in [-0.4, -0.2) is 58.5 Å². The molecule has 1 aromatic carbocycles. The van der Waals surface area contributed by atoms with Gasteiger partial charge in [0.15, 0.2) is 0 Å². The first-order valence-corrected chi connectivity index (χ1v) is 11.2. The molecule has 172 valence electrons. The molecule has 3 aliphatic heterocycles. The van der Waals surface area contributed by atoms with Crippen LogP contribution in [0, 0.1) is 5.92 Å². The number of methoxy groups -OCH3 is 1. The first-order chi connectivity index (χ1) is 15.9. The summed E-state index contributed by atoms with van der Waals surface area (Å²) in [5.41, 5.74) is 1.68. The van der Waals surface area contributed by atoms with E-state index in [1.165, 1.54) is 7.11 Å². The Balaban J connectivity index is 1.26. The fraction of sp³-hybridized carbons (Fsp3) is 0.417. The van der Waals surface area contributed by atoms with Crippen LogP contribution in [-0.2, 0) is 22.7 Å². The van der Waals surface area contributed by atoms with Crippen molar-refractivity contribution in [1.29, 1.82) is 0 Å². The van der Waals surface area contributed by atoms with Gasteiger partial charge in [-0.2, -0.15) is 0 Å². The lowest BCUT2D eigenvalue weighted by Gasteiger charge is -2.43. The van der Waals surface area contributed by atoms with Crippen LogP contribution in [0.25, 0.3) is 0 Å². The molecular weight excluding hydrogens is 424 g/mol. The molecule has 33 heavy (non-hydrogen) atoms. The molecule has 2 saturated heterocycles. The van der Waals surface area contributed by atoms with E-state index >= 15 is 0 Å². The number of aromatic nitrogens is 1. The minimum Gasteiger partial charge on any atom is -0.496 e. The number of nitrogens with zero attached hydrogens (tertiary/aromatic N) is 3. The number of carbonyl (C=O) groups excluding carboxylic acids is 3. The minimum absolute atomic E-state index is 0.00335. The fourth-order valence-corrected chi connectivity index (χ4v) is 5.27. The molecule has 2 fully saturated rings. The third kappa shape index (κ3) is 3.88. The van der Waals surface area contributed by atoms with Gasteiger partial charge in [0, 0.05) is 42.9 Å². The standard InChI is InChI=1S/C24H26N4O5/c1-33-20-7-3-2-5-16(20)14-28-23(31)18(25-24(28)32)10-22(30)26-11-15-9-17(13-26)19-6-4-8-21(29)27(19)12-15/h2-8,15,17-18H,9-14H2,1H3,(H,25,32). The quantitative estimate of drug-likeness (QED) is 0.693. The van der Waals surface area contributed by atoms with E-state index in [1.54, 1.807) is 29.2 Å². The number of imide groups is 1. The summed E-state index contributed by atoms with van der Waals surface area (Å²) in [6.07, 6.45) is 0.868. The highest BCUT2D eigenvalue weighted by atomic mass is 16.5. The van der Waals surface area contributed by atoms with Crippen molar-refractivity contribution in [2.24, 2.45) is 5.92 Å². The highest BCUT2D eigenvalue weighted by Crippen LogP contribution is 2.35. The van der Waals surface area contributed by atoms with E-state index in [-0.39, 0.29) is 36.3 Å². The number of hydrogen-bond acceptors (Lipinski definition) is 5. The maximum Gasteiger partial charge on any atom is 0.325 e. The topological polar surface area (TPSA) is 101 Å². The van der Waals surface area contributed by atoms with E-state index in [9.17, 15) is 19.2 Å². The van der Waals surface area contributed by atoms with Crippen molar-refractivity contribution in [3.05, 3.63) is 64.1 Å². The number of hydrogen-bond donors (Lipinski definition) is 1. The van der Waals surface area contributed by atoms with Crippen LogP contribution >= 0.6 is 0 Å². The molecule has 3 atom stereocenters. The van der Waals surface area contributed by atoms with Gasteiger partial charge < -0.3 is 19.5 Å². The molecule has 0 radical (unpaired) electrons. The first kappa shape index (κ1) is 21.2. The Morgan fingerprint density at radius 2 is 1.88 bits per heavy atom. The van der Waals surface area contributed by atoms with Crippen molar-refractivity contribution < 1.29 is 19.1 Å². The summed E-state index contributed by atoms with van der Waals surface area (Å²) < 4.78 is 7.13. The van der Waals surface area contributed by atoms with E-state index in [4.69, 9.17) is 4.74 Å². The minimum atomic E-state index is -0.878. The second-order valence-electron chi connectivity index (χ2n) is 8.94. The number of ether oxygens (including phenoxy) is 1. The Kier molecular flexibility index (Phi) is 5.39. The van der Waals surface area contributed by atoms with Crippen LogP contribution in [0.1, 0.15) is 30.0 Å². The van der Waals surface area contributed by atoms with Crippen LogP contribution < -0.4 is 15.6 Å². The Morgan fingerprint density at radius 3 is 2.70 bits per heavy atom. The SMILES string of the molecule is COc1ccccc1CN1C(=O)NC(CC(=O)N2CC3CC(C2)c2cccc(=O)n2C3)C1=O. The first-order valence-electron chi connectivity index (χ1n) is 11.2. The van der Waals surface area contributed by atoms with Crippen LogP contribution in [0.15, 0.2) is 47.3 Å². The summed E-state index contributed by atoms with van der Waals surface area (Å²) in [7, 11) is 1.54. The van der Waals surface area contributed by atoms with Crippen molar-refractivity contribution in [3.8, 4) is 5.75 Å². The molecule has 3 unspecified atom stereocenters. The smallest absolute Gasteiger partial charge is 0.325 e. The van der Waals surface area contributed by atoms with Gasteiger partial charge in [-0.15, -0.1) is 0 Å². The number of fused-ring (bicyclic) bond motifs is 4. The number of para-hydroxylation sites is 1. The third-order valence-corrected chi connectivity index (χ3v) is 6.84. The predicted octanol–water partition coefficient (Wildman–Crippen LogP) is 1.31. The lowest BCUT2D eigenvalue weighted by molar-refractivity contribution is -0.137. The molecule has 9 heteroatoms. The zero-order chi connectivity index (χ0) is 23.1. The normalized spacial score (nSPS) is 23.8. The van der Waals surface area contributed by atoms with Crippen LogP contribution in [0.4, 0.5) is 4.79 Å². The number of nitrogens with one attached hydrogen (secondary N) is 1. The third-order valence-electron chi connectivity index (χ3n) is 6.84. The number of rotatable bonds is 5. The predicted molar refractivity (Wildman–Crippen MR) is 119 cm³/mol. The van der Waals surface area contributed by atoms with Gasteiger partial charge in [-0.25, -0.2) is 4.79 Å². The van der Waals surface area contributed by atoms with E-state index in [0.717, 1.165) is 17.0 Å². The van der Waals surface area contributed by atoms with Crippen molar-refractivity contribution in [2.45, 2.75) is 37.9 Å². The maximum absolute atomic E-state index is 13.1. The summed E-state index contributed by atoms with van der Waals surface area (Å²) in [5.74, 6) is 0.335. The lowest BCUT2D eigenvalue weighted by Crippen LogP contribution is -2.50. The van der Waals surface area contributed by atoms with E-state index in [0.29, 0.717) is 30.9 Å². The molecule has 0 spiro atoms. The van der Waals surface area contributed by atoms with Gasteiger partial charge in [-0.3, -0.25) is 19.3 Å². The van der Waals surface area contributed by atoms with Gasteiger partial charge in [-0.1, -0.05) is 24.3 Å². The number of pyridine rings is 1. The molecule has 3 aliphatic rings. The molecule has 1 N–H and O–H groups in total. The number of piperidine rings is 1. The zero-order valence-electron chi connectivity index (χ0n) is 18.4. The van der Waals surface area contributed by atoms with Gasteiger partial charge >= 0.3 is 6.03 Å². The number of carbonyl (C=O) groups is 3. The lowest BCUT2D eigenvalue weighted by atomic mass is 9.83. The molecule has 1 aromatic heterocycles. The highest BCUT2D eigenvalue weighted by Gasteiger charge is 2.42. The Labute approximate surface area is 190 Å². The summed E-state index contributed by atoms with van der Waals surface area (Å²) in [6.45, 7) is 1.74. The molecule has 2 aromatic rings. The molecule has 0 saturated carbocycles. The van der Waals surface area contributed by atoms with Gasteiger partial charge in [0.1, 0.15) is 11.8 Å². The van der Waals surface area contributed by atoms with Gasteiger partial charge in [0.2, 0.25) is 5.91 Å². The molecule has 0 aliphatic carbocycles. The Bertz CT molecular complexity index is 1180. The van der Waals surface area contributed by atoms with E-state index in [2.05, 4.69) is 5.32 Å². The Morgan fingerprint density at radius 1 is 1.06 bits per heavy atom. The van der Waals surface area contributed by atoms with Crippen molar-refractivity contribution in [3.63, 3.8) is 0 Å². The van der Waals surface area contributed by atoms with Crippen LogP contribution in [0.5, 0.6) is 5.75 Å². The summed E-state index contributed by atoms with van der Waals surface area (Å²) in [4.78, 5) is 53.6. The van der Waals surface area contributed by atoms with E-state index < -0.39 is 18.0 Å². The number of likely N-dealkylation sites (tertiary alicyclic amines) is 1. The van der Waals surface area contributed by atoms with Crippen molar-refractivity contribution in [2.75, 3.05) is 20.2 Å². The van der Waals surface area contributed by atoms with Crippen molar-refractivity contribution >= 4 is 17.8 Å². The second kappa shape index (κ2) is 8.38. The average Bonchev–Trinajstić information content (AvgIpc) is 3.07. The molecular formula is C24H26N4O5. The van der Waals surface area contributed by atoms with Gasteiger partial charge in [0.25, 0.3) is 11.5 Å². The largest absolute Gasteiger partial charge is 0.496 e. The van der Waals surface area contributed by atoms with Crippen molar-refractivity contribution in [1.82, 2.24) is 19.7 Å². The van der Waals surface area contributed by atoms with Gasteiger partial charge in [0.05, 0.1) is 20.1 Å². The molecule has 4 heterocycles. The molecule has 4 amide bonds. The number of benzene rings is 1. The van der Waals surface area contributed by atoms with Gasteiger partial charge in [-0.05, 0) is 24.5 Å². The molecule has 5 rings (SSSR count). The fourth-order valence-electron chi connectivity index (χ4n) is 5.27. The van der Waals surface area contributed by atoms with E-state index in [1.807, 2.05) is 22.8 Å². The second-order valence-corrected chi connectivity index (χ2v) is 8.94. The van der Waals surface area contributed by atoms with Crippen LogP contribution in [0.2, 0.25) is 0 Å². The zero-order valence-corrected chi connectivity index (χ0v) is 18.4. The average molecular weight is 450 g/mol. The molecule has 9 nitrogen and oxygen atoms in total. The van der Waals surface area contributed by atoms with Crippen LogP contribution in [0.3, 0.4) is 0 Å².